The van der Waals surface area contributed by atoms with Crippen molar-refractivity contribution >= 4 is 5.91 Å². The second kappa shape index (κ2) is 5.56. The van der Waals surface area contributed by atoms with E-state index in [1.54, 1.807) is 14.0 Å². The predicted octanol–water partition coefficient (Wildman–Crippen LogP) is 2.16. The minimum absolute atomic E-state index is 0.208. The van der Waals surface area contributed by atoms with Crippen LogP contribution in [0.25, 0.3) is 0 Å². The molecule has 0 saturated heterocycles. The first-order chi connectivity index (χ1) is 9.81. The maximum atomic E-state index is 11.6. The molecule has 2 N–H and O–H groups in total. The van der Waals surface area contributed by atoms with Crippen molar-refractivity contribution in [3.8, 4) is 11.5 Å². The number of methoxy groups -OCH3 is 1. The summed E-state index contributed by atoms with van der Waals surface area (Å²) in [6.07, 6.45) is 1.31. The molecule has 21 heavy (non-hydrogen) atoms. The zero-order chi connectivity index (χ0) is 15.8. The van der Waals surface area contributed by atoms with Gasteiger partial charge in [0.2, 0.25) is 0 Å². The lowest BCUT2D eigenvalue weighted by atomic mass is 9.87. The van der Waals surface area contributed by atoms with Gasteiger partial charge in [-0.2, -0.15) is 0 Å². The number of hydrogen-bond donors (Lipinski definition) is 1. The van der Waals surface area contributed by atoms with Gasteiger partial charge in [0.05, 0.1) is 0 Å². The Morgan fingerprint density at radius 3 is 2.52 bits per heavy atom. The molecule has 1 aliphatic heterocycles. The summed E-state index contributed by atoms with van der Waals surface area (Å²) in [6, 6.07) is 0. The SMILES string of the molecule is COCOc1c(C)c(C)c2c(c1C)CCC(C)(C(N)=O)O2. The van der Waals surface area contributed by atoms with E-state index in [9.17, 15) is 4.79 Å². The van der Waals surface area contributed by atoms with Crippen LogP contribution < -0.4 is 15.2 Å². The summed E-state index contributed by atoms with van der Waals surface area (Å²) in [6.45, 7) is 7.91. The smallest absolute Gasteiger partial charge is 0.261 e. The fourth-order valence-electron chi connectivity index (χ4n) is 2.74. The third-order valence-corrected chi connectivity index (χ3v) is 4.33. The van der Waals surface area contributed by atoms with Crippen molar-refractivity contribution in [2.75, 3.05) is 13.9 Å². The van der Waals surface area contributed by atoms with Crippen LogP contribution in [0.4, 0.5) is 0 Å². The Hall–Kier alpha value is -1.75. The van der Waals surface area contributed by atoms with Crippen molar-refractivity contribution in [2.45, 2.75) is 46.1 Å². The Morgan fingerprint density at radius 1 is 1.29 bits per heavy atom. The van der Waals surface area contributed by atoms with E-state index in [2.05, 4.69) is 0 Å². The lowest BCUT2D eigenvalue weighted by Crippen LogP contribution is -2.48. The molecule has 0 fully saturated rings. The monoisotopic (exact) mass is 293 g/mol. The van der Waals surface area contributed by atoms with E-state index in [4.69, 9.17) is 19.9 Å². The second-order valence-corrected chi connectivity index (χ2v) is 5.76. The number of fused-ring (bicyclic) bond motifs is 1. The molecule has 5 nitrogen and oxygen atoms in total. The number of benzene rings is 1. The molecule has 116 valence electrons. The molecule has 0 aromatic heterocycles. The quantitative estimate of drug-likeness (QED) is 0.864. The molecule has 1 atom stereocenters. The van der Waals surface area contributed by atoms with Crippen molar-refractivity contribution in [1.29, 1.82) is 0 Å². The highest BCUT2D eigenvalue weighted by Gasteiger charge is 2.39. The van der Waals surface area contributed by atoms with Crippen LogP contribution in [0.2, 0.25) is 0 Å². The Labute approximate surface area is 125 Å². The predicted molar refractivity (Wildman–Crippen MR) is 79.7 cm³/mol. The first-order valence-electron chi connectivity index (χ1n) is 7.05. The summed E-state index contributed by atoms with van der Waals surface area (Å²) in [7, 11) is 1.59. The summed E-state index contributed by atoms with van der Waals surface area (Å²) >= 11 is 0. The van der Waals surface area contributed by atoms with Gasteiger partial charge in [0.25, 0.3) is 5.91 Å². The number of primary amides is 1. The van der Waals surface area contributed by atoms with Gasteiger partial charge in [-0.3, -0.25) is 4.79 Å². The van der Waals surface area contributed by atoms with Gasteiger partial charge in [-0.1, -0.05) is 0 Å². The van der Waals surface area contributed by atoms with Crippen LogP contribution in [0.3, 0.4) is 0 Å². The van der Waals surface area contributed by atoms with E-state index in [-0.39, 0.29) is 6.79 Å². The molecule has 5 heteroatoms. The molecular weight excluding hydrogens is 270 g/mol. The van der Waals surface area contributed by atoms with E-state index in [0.717, 1.165) is 40.2 Å². The van der Waals surface area contributed by atoms with Gasteiger partial charge in [0.15, 0.2) is 12.4 Å². The van der Waals surface area contributed by atoms with Gasteiger partial charge in [-0.25, -0.2) is 0 Å². The van der Waals surface area contributed by atoms with Gasteiger partial charge in [0.1, 0.15) is 11.5 Å². The highest BCUT2D eigenvalue weighted by molar-refractivity contribution is 5.84. The molecule has 2 rings (SSSR count). The van der Waals surface area contributed by atoms with Crippen LogP contribution in [0.5, 0.6) is 11.5 Å². The Bertz CT molecular complexity index is 582. The molecule has 1 amide bonds. The van der Waals surface area contributed by atoms with Crippen LogP contribution in [0.15, 0.2) is 0 Å². The van der Waals surface area contributed by atoms with Crippen LogP contribution in [-0.4, -0.2) is 25.4 Å². The van der Waals surface area contributed by atoms with Crippen molar-refractivity contribution < 1.29 is 19.0 Å². The van der Waals surface area contributed by atoms with Crippen molar-refractivity contribution in [3.63, 3.8) is 0 Å². The van der Waals surface area contributed by atoms with Crippen molar-refractivity contribution in [2.24, 2.45) is 5.73 Å². The molecule has 0 radical (unpaired) electrons. The van der Waals surface area contributed by atoms with Gasteiger partial charge in [0, 0.05) is 19.1 Å². The van der Waals surface area contributed by atoms with Gasteiger partial charge in [-0.15, -0.1) is 0 Å². The number of carbonyl (C=O) groups excluding carboxylic acids is 1. The molecule has 1 aromatic rings. The van der Waals surface area contributed by atoms with Crippen LogP contribution >= 0.6 is 0 Å². The number of amides is 1. The van der Waals surface area contributed by atoms with E-state index >= 15 is 0 Å². The third kappa shape index (κ3) is 2.58. The molecule has 1 aromatic carbocycles. The van der Waals surface area contributed by atoms with Crippen molar-refractivity contribution in [3.05, 3.63) is 22.3 Å². The Morgan fingerprint density at radius 2 is 1.95 bits per heavy atom. The van der Waals surface area contributed by atoms with E-state index in [1.807, 2.05) is 20.8 Å². The highest BCUT2D eigenvalue weighted by atomic mass is 16.7. The average molecular weight is 293 g/mol. The maximum absolute atomic E-state index is 11.6. The third-order valence-electron chi connectivity index (χ3n) is 4.33. The summed E-state index contributed by atoms with van der Waals surface area (Å²) in [5, 5.41) is 0. The van der Waals surface area contributed by atoms with Crippen molar-refractivity contribution in [1.82, 2.24) is 0 Å². The lowest BCUT2D eigenvalue weighted by Gasteiger charge is -2.35. The molecule has 1 unspecified atom stereocenters. The minimum atomic E-state index is -0.939. The number of nitrogens with two attached hydrogens (primary N) is 1. The van der Waals surface area contributed by atoms with E-state index < -0.39 is 11.5 Å². The molecule has 1 aliphatic rings. The highest BCUT2D eigenvalue weighted by Crippen LogP contribution is 2.43. The normalized spacial score (nSPS) is 20.6. The Balaban J connectivity index is 2.51. The number of carbonyl (C=O) groups is 1. The summed E-state index contributed by atoms with van der Waals surface area (Å²) in [5.74, 6) is 1.17. The maximum Gasteiger partial charge on any atom is 0.261 e. The van der Waals surface area contributed by atoms with Gasteiger partial charge >= 0.3 is 0 Å². The molecule has 0 aliphatic carbocycles. The fraction of sp³-hybridized carbons (Fsp3) is 0.562. The van der Waals surface area contributed by atoms with Gasteiger partial charge < -0.3 is 19.9 Å². The zero-order valence-corrected chi connectivity index (χ0v) is 13.3. The number of ether oxygens (including phenoxy) is 3. The number of rotatable bonds is 4. The standard InChI is InChI=1S/C16H23NO4/c1-9-10(2)14-12(11(3)13(9)20-8-19-5)6-7-16(4,21-14)15(17)18/h6-8H2,1-5H3,(H2,17,18). The fourth-order valence-corrected chi connectivity index (χ4v) is 2.74. The van der Waals surface area contributed by atoms with Gasteiger partial charge in [-0.05, 0) is 50.8 Å². The molecule has 1 heterocycles. The second-order valence-electron chi connectivity index (χ2n) is 5.76. The first kappa shape index (κ1) is 15.6. The molecule has 0 saturated carbocycles. The topological polar surface area (TPSA) is 70.8 Å². The zero-order valence-electron chi connectivity index (χ0n) is 13.3. The van der Waals surface area contributed by atoms with E-state index in [0.29, 0.717) is 6.42 Å². The van der Waals surface area contributed by atoms with Crippen LogP contribution in [-0.2, 0) is 16.0 Å². The first-order valence-corrected chi connectivity index (χ1v) is 7.05. The lowest BCUT2D eigenvalue weighted by molar-refractivity contribution is -0.133. The summed E-state index contributed by atoms with van der Waals surface area (Å²) in [4.78, 5) is 11.6. The largest absolute Gasteiger partial charge is 0.477 e. The summed E-state index contributed by atoms with van der Waals surface area (Å²) < 4.78 is 16.7. The van der Waals surface area contributed by atoms with Crippen LogP contribution in [0.1, 0.15) is 35.6 Å². The molecule has 0 spiro atoms. The summed E-state index contributed by atoms with van der Waals surface area (Å²) in [5.41, 5.74) is 8.64. The minimum Gasteiger partial charge on any atom is -0.477 e. The average Bonchev–Trinajstić information content (AvgIpc) is 2.44. The Kier molecular flexibility index (Phi) is 4.14. The molecular formula is C16H23NO4. The number of hydrogen-bond acceptors (Lipinski definition) is 4. The molecule has 0 bridgehead atoms. The van der Waals surface area contributed by atoms with E-state index in [1.165, 1.54) is 0 Å². The van der Waals surface area contributed by atoms with Crippen LogP contribution in [0, 0.1) is 20.8 Å².